The van der Waals surface area contributed by atoms with Gasteiger partial charge < -0.3 is 10.5 Å². The van der Waals surface area contributed by atoms with E-state index < -0.39 is 0 Å². The summed E-state index contributed by atoms with van der Waals surface area (Å²) in [7, 11) is 0. The van der Waals surface area contributed by atoms with Gasteiger partial charge in [-0.25, -0.2) is 0 Å². The summed E-state index contributed by atoms with van der Waals surface area (Å²) in [6.07, 6.45) is 1.71. The minimum Gasteiger partial charge on any atom is -0.454 e. The lowest BCUT2D eigenvalue weighted by Crippen LogP contribution is -1.90. The molecule has 0 unspecified atom stereocenters. The molecule has 1 heterocycles. The number of hydrogen-bond donors (Lipinski definition) is 0. The average molecular weight is 234 g/mol. The molecule has 0 aliphatic carbocycles. The molecular formula is C12H10ClN2O. The number of nitrogens with zero attached hydrogens (tertiary/aromatic N) is 1. The summed E-state index contributed by atoms with van der Waals surface area (Å²) in [5, 5.41) is 0.427. The van der Waals surface area contributed by atoms with Crippen LogP contribution in [0.4, 0.5) is 5.69 Å². The lowest BCUT2D eigenvalue weighted by Gasteiger charge is -2.09. The van der Waals surface area contributed by atoms with Gasteiger partial charge in [-0.15, -0.1) is 0 Å². The smallest absolute Gasteiger partial charge is 0.148 e. The van der Waals surface area contributed by atoms with Gasteiger partial charge >= 0.3 is 0 Å². The molecule has 0 aliphatic rings. The zero-order valence-electron chi connectivity index (χ0n) is 8.70. The Morgan fingerprint density at radius 3 is 2.75 bits per heavy atom. The molecule has 0 saturated heterocycles. The van der Waals surface area contributed by atoms with Crippen molar-refractivity contribution in [1.29, 1.82) is 0 Å². The molecule has 1 radical (unpaired) electrons. The van der Waals surface area contributed by atoms with Crippen LogP contribution in [0.3, 0.4) is 0 Å². The van der Waals surface area contributed by atoms with Crippen molar-refractivity contribution in [2.24, 2.45) is 0 Å². The number of benzene rings is 1. The number of aryl methyl sites for hydroxylation is 1. The summed E-state index contributed by atoms with van der Waals surface area (Å²) in [4.78, 5) is 4.12. The molecule has 0 spiro atoms. The van der Waals surface area contributed by atoms with Gasteiger partial charge in [-0.05, 0) is 37.3 Å². The fourth-order valence-electron chi connectivity index (χ4n) is 1.28. The van der Waals surface area contributed by atoms with Crippen molar-refractivity contribution in [1.82, 2.24) is 10.7 Å². The highest BCUT2D eigenvalue weighted by Gasteiger charge is 2.05. The third kappa shape index (κ3) is 2.25. The van der Waals surface area contributed by atoms with Crippen LogP contribution in [0.15, 0.2) is 36.5 Å². The number of rotatable bonds is 2. The first-order valence-electron chi connectivity index (χ1n) is 4.77. The summed E-state index contributed by atoms with van der Waals surface area (Å²) in [6, 6.07) is 8.48. The summed E-state index contributed by atoms with van der Waals surface area (Å²) < 4.78 is 5.62. The van der Waals surface area contributed by atoms with Crippen LogP contribution in [0, 0.1) is 6.92 Å². The van der Waals surface area contributed by atoms with Gasteiger partial charge in [0, 0.05) is 6.20 Å². The highest BCUT2D eigenvalue weighted by molar-refractivity contribution is 6.32. The van der Waals surface area contributed by atoms with E-state index in [9.17, 15) is 0 Å². The van der Waals surface area contributed by atoms with E-state index in [1.54, 1.807) is 30.5 Å². The quantitative estimate of drug-likeness (QED) is 0.793. The SMILES string of the molecule is Cc1ncccc1Oc1ccc([NH])cc1Cl. The minimum absolute atomic E-state index is 0.361. The number of hydrogen-bond acceptors (Lipinski definition) is 2. The summed E-state index contributed by atoms with van der Waals surface area (Å²) in [6.45, 7) is 1.86. The highest BCUT2D eigenvalue weighted by atomic mass is 35.5. The first-order valence-corrected chi connectivity index (χ1v) is 5.15. The Hall–Kier alpha value is -1.74. The molecule has 81 valence electrons. The Morgan fingerprint density at radius 1 is 1.25 bits per heavy atom. The van der Waals surface area contributed by atoms with E-state index in [0.717, 1.165) is 5.69 Å². The third-order valence-electron chi connectivity index (χ3n) is 2.11. The first-order chi connectivity index (χ1) is 7.66. The van der Waals surface area contributed by atoms with Crippen molar-refractivity contribution < 1.29 is 4.74 Å². The molecular weight excluding hydrogens is 224 g/mol. The largest absolute Gasteiger partial charge is 0.454 e. The predicted octanol–water partition coefficient (Wildman–Crippen LogP) is 3.75. The minimum atomic E-state index is 0.361. The van der Waals surface area contributed by atoms with Crippen LogP contribution in [-0.2, 0) is 0 Å². The van der Waals surface area contributed by atoms with E-state index >= 15 is 0 Å². The van der Waals surface area contributed by atoms with Crippen molar-refractivity contribution in [2.75, 3.05) is 0 Å². The number of nitrogens with one attached hydrogen (secondary N) is 1. The zero-order chi connectivity index (χ0) is 11.5. The molecule has 0 saturated carbocycles. The fourth-order valence-corrected chi connectivity index (χ4v) is 1.50. The molecule has 0 atom stereocenters. The van der Waals surface area contributed by atoms with Crippen LogP contribution in [0.25, 0.3) is 0 Å². The lowest BCUT2D eigenvalue weighted by atomic mass is 10.3. The van der Waals surface area contributed by atoms with Crippen molar-refractivity contribution in [3.8, 4) is 11.5 Å². The van der Waals surface area contributed by atoms with Crippen LogP contribution in [-0.4, -0.2) is 4.98 Å². The maximum atomic E-state index is 7.40. The first kappa shape index (κ1) is 10.8. The standard InChI is InChI=1S/C12H10ClN2O/c1-8-11(3-2-6-15-8)16-12-5-4-9(14)7-10(12)13/h2-7,14H,1H3. The Bertz CT molecular complexity index is 514. The molecule has 4 heteroatoms. The van der Waals surface area contributed by atoms with E-state index in [0.29, 0.717) is 22.2 Å². The second-order valence-electron chi connectivity index (χ2n) is 3.33. The third-order valence-corrected chi connectivity index (χ3v) is 2.41. The van der Waals surface area contributed by atoms with Gasteiger partial charge in [-0.1, -0.05) is 11.6 Å². The molecule has 1 N–H and O–H groups in total. The van der Waals surface area contributed by atoms with Gasteiger partial charge in [0.15, 0.2) is 0 Å². The monoisotopic (exact) mass is 233 g/mol. The molecule has 2 aromatic rings. The van der Waals surface area contributed by atoms with E-state index in [2.05, 4.69) is 4.98 Å². The fraction of sp³-hybridized carbons (Fsp3) is 0.0833. The number of halogens is 1. The maximum Gasteiger partial charge on any atom is 0.148 e. The van der Waals surface area contributed by atoms with Crippen LogP contribution < -0.4 is 10.5 Å². The van der Waals surface area contributed by atoms with Crippen molar-refractivity contribution >= 4 is 17.3 Å². The Balaban J connectivity index is 2.31. The lowest BCUT2D eigenvalue weighted by molar-refractivity contribution is 0.476. The number of pyridine rings is 1. The van der Waals surface area contributed by atoms with Gasteiger partial charge in [0.25, 0.3) is 0 Å². The molecule has 16 heavy (non-hydrogen) atoms. The van der Waals surface area contributed by atoms with Gasteiger partial charge in [0.2, 0.25) is 0 Å². The second-order valence-corrected chi connectivity index (χ2v) is 3.74. The van der Waals surface area contributed by atoms with E-state index in [4.69, 9.17) is 22.1 Å². The van der Waals surface area contributed by atoms with Crippen LogP contribution in [0.1, 0.15) is 5.69 Å². The topological polar surface area (TPSA) is 45.9 Å². The summed E-state index contributed by atoms with van der Waals surface area (Å²) in [5.74, 6) is 1.20. The number of ether oxygens (including phenoxy) is 1. The molecule has 3 nitrogen and oxygen atoms in total. The summed E-state index contributed by atoms with van der Waals surface area (Å²) >= 11 is 5.97. The van der Waals surface area contributed by atoms with Gasteiger partial charge in [-0.2, -0.15) is 0 Å². The molecule has 0 bridgehead atoms. The predicted molar refractivity (Wildman–Crippen MR) is 63.3 cm³/mol. The van der Waals surface area contributed by atoms with E-state index in [-0.39, 0.29) is 0 Å². The number of aromatic nitrogens is 1. The second kappa shape index (κ2) is 4.41. The van der Waals surface area contributed by atoms with E-state index in [1.165, 1.54) is 0 Å². The molecule has 2 rings (SSSR count). The molecule has 0 amide bonds. The maximum absolute atomic E-state index is 7.40. The molecule has 0 fully saturated rings. The Kier molecular flexibility index (Phi) is 2.97. The van der Waals surface area contributed by atoms with Crippen molar-refractivity contribution in [2.45, 2.75) is 6.92 Å². The van der Waals surface area contributed by atoms with Gasteiger partial charge in [0.05, 0.1) is 16.4 Å². The average Bonchev–Trinajstić information content (AvgIpc) is 2.25. The normalized spacial score (nSPS) is 10.1. The molecule has 0 aliphatic heterocycles. The van der Waals surface area contributed by atoms with Gasteiger partial charge in [-0.3, -0.25) is 4.98 Å². The summed E-state index contributed by atoms with van der Waals surface area (Å²) in [5.41, 5.74) is 8.56. The van der Waals surface area contributed by atoms with Gasteiger partial charge in [0.1, 0.15) is 11.5 Å². The molecule has 1 aromatic heterocycles. The van der Waals surface area contributed by atoms with Crippen LogP contribution in [0.2, 0.25) is 5.02 Å². The zero-order valence-corrected chi connectivity index (χ0v) is 9.45. The van der Waals surface area contributed by atoms with Crippen molar-refractivity contribution in [3.63, 3.8) is 0 Å². The Labute approximate surface area is 98.8 Å². The Morgan fingerprint density at radius 2 is 2.06 bits per heavy atom. The van der Waals surface area contributed by atoms with Crippen LogP contribution in [0.5, 0.6) is 11.5 Å². The molecule has 1 aromatic carbocycles. The van der Waals surface area contributed by atoms with Crippen molar-refractivity contribution in [3.05, 3.63) is 47.2 Å². The highest BCUT2D eigenvalue weighted by Crippen LogP contribution is 2.31. The van der Waals surface area contributed by atoms with Crippen LogP contribution >= 0.6 is 11.6 Å². The van der Waals surface area contributed by atoms with E-state index in [1.807, 2.05) is 13.0 Å².